The molecule has 0 saturated carbocycles. The summed E-state index contributed by atoms with van der Waals surface area (Å²) in [4.78, 5) is 12.3. The smallest absolute Gasteiger partial charge is 0.438 e. The molecular weight excluding hydrogens is 577 g/mol. The maximum absolute atomic E-state index is 12.3. The summed E-state index contributed by atoms with van der Waals surface area (Å²) in [7, 11) is -1.39. The van der Waals surface area contributed by atoms with Gasteiger partial charge in [-0.1, -0.05) is 150 Å². The van der Waals surface area contributed by atoms with E-state index in [-0.39, 0.29) is 11.1 Å². The number of methoxy groups -OCH3 is 1. The van der Waals surface area contributed by atoms with Gasteiger partial charge in [0.15, 0.2) is 6.10 Å². The Balaban J connectivity index is 1.77. The van der Waals surface area contributed by atoms with Gasteiger partial charge in [-0.15, -0.1) is 0 Å². The van der Waals surface area contributed by atoms with Gasteiger partial charge in [0.2, 0.25) is 0 Å². The number of rotatable bonds is 14. The molecule has 0 aromatic heterocycles. The van der Waals surface area contributed by atoms with Crippen molar-refractivity contribution in [2.75, 3.05) is 13.7 Å². The van der Waals surface area contributed by atoms with E-state index in [9.17, 15) is 4.79 Å². The van der Waals surface area contributed by atoms with E-state index < -0.39 is 26.0 Å². The Kier molecular flexibility index (Phi) is 13.2. The molecule has 6 heteroatoms. The number of hydrogen-bond donors (Lipinski definition) is 0. The molecule has 240 valence electrons. The fraction of sp³-hybridized carbons (Fsp3) is 0.410. The molecule has 0 amide bonds. The molecule has 3 aromatic rings. The summed E-state index contributed by atoms with van der Waals surface area (Å²) in [6.45, 7) is 18.0. The summed E-state index contributed by atoms with van der Waals surface area (Å²) >= 11 is 0. The molecule has 0 spiro atoms. The van der Waals surface area contributed by atoms with Crippen LogP contribution in [0, 0.1) is 17.3 Å². The average Bonchev–Trinajstić information content (AvgIpc) is 3.02. The van der Waals surface area contributed by atoms with Crippen LogP contribution >= 0.6 is 0 Å². The largest absolute Gasteiger partial charge is 0.509 e. The van der Waals surface area contributed by atoms with Crippen molar-refractivity contribution in [3.05, 3.63) is 109 Å². The molecule has 0 saturated heterocycles. The van der Waals surface area contributed by atoms with Crippen LogP contribution in [0.5, 0.6) is 0 Å². The van der Waals surface area contributed by atoms with Gasteiger partial charge >= 0.3 is 6.16 Å². The summed E-state index contributed by atoms with van der Waals surface area (Å²) in [5.74, 6) is 6.48. The summed E-state index contributed by atoms with van der Waals surface area (Å²) in [5.41, 5.74) is 1.56. The zero-order chi connectivity index (χ0) is 32.9. The molecule has 5 nitrogen and oxygen atoms in total. The third-order valence-corrected chi connectivity index (χ3v) is 13.2. The van der Waals surface area contributed by atoms with Crippen molar-refractivity contribution in [2.24, 2.45) is 5.41 Å². The summed E-state index contributed by atoms with van der Waals surface area (Å²) in [5, 5.41) is 2.32. The molecule has 0 bridgehead atoms. The fourth-order valence-corrected chi connectivity index (χ4v) is 10.1. The Morgan fingerprint density at radius 2 is 1.40 bits per heavy atom. The zero-order valence-electron chi connectivity index (χ0n) is 28.1. The van der Waals surface area contributed by atoms with Crippen molar-refractivity contribution in [1.82, 2.24) is 0 Å². The van der Waals surface area contributed by atoms with Crippen LogP contribution in [0.1, 0.15) is 66.4 Å². The minimum atomic E-state index is -2.70. The van der Waals surface area contributed by atoms with Crippen LogP contribution in [0.15, 0.2) is 103 Å². The van der Waals surface area contributed by atoms with Crippen LogP contribution in [0.25, 0.3) is 0 Å². The van der Waals surface area contributed by atoms with Gasteiger partial charge in [-0.05, 0) is 40.7 Å². The maximum atomic E-state index is 12.3. The van der Waals surface area contributed by atoms with Gasteiger partial charge in [-0.3, -0.25) is 0 Å². The fourth-order valence-electron chi connectivity index (χ4n) is 5.50. The molecular formula is C39H50O5Si. The minimum Gasteiger partial charge on any atom is -0.438 e. The van der Waals surface area contributed by atoms with Crippen molar-refractivity contribution in [1.29, 1.82) is 0 Å². The van der Waals surface area contributed by atoms with Gasteiger partial charge in [0, 0.05) is 18.4 Å². The molecule has 2 unspecified atom stereocenters. The first-order valence-electron chi connectivity index (χ1n) is 15.7. The van der Waals surface area contributed by atoms with E-state index in [1.807, 2.05) is 49.4 Å². The normalized spacial score (nSPS) is 13.2. The van der Waals surface area contributed by atoms with Crippen molar-refractivity contribution in [2.45, 2.75) is 84.7 Å². The SMILES string of the molecule is C=C(C)C(CCC#CC(OC(=O)OC)C(C)(C)CCO[Si](c1ccccc1)(c1ccccc1)C(C)(C)C)OCc1ccccc1. The summed E-state index contributed by atoms with van der Waals surface area (Å²) in [6, 6.07) is 31.3. The lowest BCUT2D eigenvalue weighted by Crippen LogP contribution is -2.66. The standard InChI is InChI=1S/C39H50O5Si/c1-31(2)35(42-30-32-20-12-9-13-21-32)26-18-19-27-36(44-37(40)41-8)39(6,7)28-29-43-45(38(3,4)5,33-22-14-10-15-23-33)34-24-16-11-17-25-34/h9-17,20-25,35-36H,1,18,26,28-30H2,2-8H3. The highest BCUT2D eigenvalue weighted by atomic mass is 28.4. The van der Waals surface area contributed by atoms with E-state index in [0.717, 1.165) is 11.1 Å². The molecule has 0 radical (unpaired) electrons. The quantitative estimate of drug-likeness (QED) is 0.0784. The molecule has 3 rings (SSSR count). The van der Waals surface area contributed by atoms with Crippen molar-refractivity contribution in [3.63, 3.8) is 0 Å². The highest BCUT2D eigenvalue weighted by molar-refractivity contribution is 6.99. The second kappa shape index (κ2) is 16.6. The lowest BCUT2D eigenvalue weighted by molar-refractivity contribution is 0.00572. The van der Waals surface area contributed by atoms with Gasteiger partial charge in [0.05, 0.1) is 19.8 Å². The van der Waals surface area contributed by atoms with Crippen LogP contribution in [-0.2, 0) is 25.2 Å². The Bertz CT molecular complexity index is 1360. The second-order valence-corrected chi connectivity index (χ2v) is 17.5. The van der Waals surface area contributed by atoms with Gasteiger partial charge in [-0.2, -0.15) is 0 Å². The van der Waals surface area contributed by atoms with E-state index in [1.165, 1.54) is 17.5 Å². The van der Waals surface area contributed by atoms with E-state index in [0.29, 0.717) is 32.5 Å². The minimum absolute atomic E-state index is 0.118. The number of ether oxygens (including phenoxy) is 3. The van der Waals surface area contributed by atoms with Gasteiger partial charge in [0.25, 0.3) is 8.32 Å². The highest BCUT2D eigenvalue weighted by Crippen LogP contribution is 2.38. The van der Waals surface area contributed by atoms with Crippen molar-refractivity contribution < 1.29 is 23.4 Å². The average molecular weight is 627 g/mol. The highest BCUT2D eigenvalue weighted by Gasteiger charge is 2.50. The molecule has 0 aliphatic rings. The number of hydrogen-bond acceptors (Lipinski definition) is 5. The Hall–Kier alpha value is -3.63. The lowest BCUT2D eigenvalue weighted by atomic mass is 9.83. The molecule has 3 aromatic carbocycles. The van der Waals surface area contributed by atoms with Crippen LogP contribution < -0.4 is 10.4 Å². The summed E-state index contributed by atoms with van der Waals surface area (Å²) in [6.07, 6.45) is 0.344. The first kappa shape index (κ1) is 35.8. The molecule has 2 atom stereocenters. The lowest BCUT2D eigenvalue weighted by Gasteiger charge is -2.43. The zero-order valence-corrected chi connectivity index (χ0v) is 29.1. The van der Waals surface area contributed by atoms with E-state index in [2.05, 4.69) is 102 Å². The van der Waals surface area contributed by atoms with Gasteiger partial charge in [0.1, 0.15) is 0 Å². The third-order valence-electron chi connectivity index (χ3n) is 8.18. The summed E-state index contributed by atoms with van der Waals surface area (Å²) < 4.78 is 23.8. The molecule has 0 aliphatic heterocycles. The first-order chi connectivity index (χ1) is 21.4. The Morgan fingerprint density at radius 3 is 1.89 bits per heavy atom. The predicted molar refractivity (Wildman–Crippen MR) is 186 cm³/mol. The maximum Gasteiger partial charge on any atom is 0.509 e. The second-order valence-electron chi connectivity index (χ2n) is 13.2. The molecule has 0 aliphatic carbocycles. The monoisotopic (exact) mass is 626 g/mol. The van der Waals surface area contributed by atoms with Crippen molar-refractivity contribution >= 4 is 24.8 Å². The van der Waals surface area contributed by atoms with E-state index in [1.54, 1.807) is 0 Å². The van der Waals surface area contributed by atoms with Gasteiger partial charge < -0.3 is 18.6 Å². The van der Waals surface area contributed by atoms with Crippen LogP contribution in [0.4, 0.5) is 4.79 Å². The van der Waals surface area contributed by atoms with E-state index in [4.69, 9.17) is 18.6 Å². The van der Waals surface area contributed by atoms with Gasteiger partial charge in [-0.25, -0.2) is 4.79 Å². The topological polar surface area (TPSA) is 54.0 Å². The number of carbonyl (C=O) groups is 1. The molecule has 0 N–H and O–H groups in total. The molecule has 0 heterocycles. The first-order valence-corrected chi connectivity index (χ1v) is 17.6. The number of carbonyl (C=O) groups excluding carboxylic acids is 1. The predicted octanol–water partition coefficient (Wildman–Crippen LogP) is 8.08. The third kappa shape index (κ3) is 9.93. The number of benzene rings is 3. The molecule has 45 heavy (non-hydrogen) atoms. The van der Waals surface area contributed by atoms with Crippen LogP contribution in [-0.4, -0.2) is 40.4 Å². The van der Waals surface area contributed by atoms with Crippen LogP contribution in [0.2, 0.25) is 5.04 Å². The molecule has 0 fully saturated rings. The Morgan fingerprint density at radius 1 is 0.867 bits per heavy atom. The van der Waals surface area contributed by atoms with E-state index >= 15 is 0 Å². The van der Waals surface area contributed by atoms with Crippen molar-refractivity contribution in [3.8, 4) is 11.8 Å². The van der Waals surface area contributed by atoms with Crippen LogP contribution in [0.3, 0.4) is 0 Å². The Labute approximate surface area is 272 Å².